The Kier molecular flexibility index (Phi) is 5.28. The summed E-state index contributed by atoms with van der Waals surface area (Å²) >= 11 is 0. The smallest absolute Gasteiger partial charge is 0.340 e. The van der Waals surface area contributed by atoms with E-state index in [0.717, 1.165) is 31.6 Å². The molecular formula is C19H21N3O3. The van der Waals surface area contributed by atoms with Gasteiger partial charge >= 0.3 is 5.97 Å². The van der Waals surface area contributed by atoms with E-state index >= 15 is 0 Å². The molecule has 6 nitrogen and oxygen atoms in total. The van der Waals surface area contributed by atoms with Gasteiger partial charge in [-0.25, -0.2) is 4.79 Å². The standard InChI is InChI=1S/C19H21N3O3/c1-25-19(24)16-12-15(21-18(23)14-6-5-9-20-13-14)7-8-17(16)22-10-3-2-4-11-22/h5-9,12-13H,2-4,10-11H2,1H3,(H,21,23). The Balaban J connectivity index is 1.86. The summed E-state index contributed by atoms with van der Waals surface area (Å²) in [5.41, 5.74) is 2.33. The molecule has 1 N–H and O–H groups in total. The molecule has 1 aliphatic heterocycles. The highest BCUT2D eigenvalue weighted by Gasteiger charge is 2.20. The Hall–Kier alpha value is -2.89. The number of benzene rings is 1. The van der Waals surface area contributed by atoms with E-state index in [1.165, 1.54) is 19.7 Å². The zero-order chi connectivity index (χ0) is 17.6. The van der Waals surface area contributed by atoms with Crippen LogP contribution in [0.1, 0.15) is 40.0 Å². The van der Waals surface area contributed by atoms with Crippen molar-refractivity contribution in [2.75, 3.05) is 30.4 Å². The van der Waals surface area contributed by atoms with Crippen LogP contribution in [0.3, 0.4) is 0 Å². The van der Waals surface area contributed by atoms with Crippen LogP contribution in [0, 0.1) is 0 Å². The molecule has 6 heteroatoms. The van der Waals surface area contributed by atoms with Crippen molar-refractivity contribution in [1.29, 1.82) is 0 Å². The summed E-state index contributed by atoms with van der Waals surface area (Å²) < 4.78 is 4.92. The quantitative estimate of drug-likeness (QED) is 0.867. The zero-order valence-corrected chi connectivity index (χ0v) is 14.2. The predicted molar refractivity (Wildman–Crippen MR) is 96.0 cm³/mol. The van der Waals surface area contributed by atoms with E-state index in [1.807, 2.05) is 12.1 Å². The fourth-order valence-electron chi connectivity index (χ4n) is 3.00. The first-order valence-corrected chi connectivity index (χ1v) is 8.38. The van der Waals surface area contributed by atoms with Gasteiger partial charge in [0.2, 0.25) is 0 Å². The number of carbonyl (C=O) groups is 2. The van der Waals surface area contributed by atoms with Crippen LogP contribution < -0.4 is 10.2 Å². The summed E-state index contributed by atoms with van der Waals surface area (Å²) in [6.07, 6.45) is 6.54. The summed E-state index contributed by atoms with van der Waals surface area (Å²) in [5, 5.41) is 2.80. The van der Waals surface area contributed by atoms with Crippen molar-refractivity contribution in [1.82, 2.24) is 4.98 Å². The van der Waals surface area contributed by atoms with Gasteiger partial charge in [-0.3, -0.25) is 9.78 Å². The maximum absolute atomic E-state index is 12.3. The number of esters is 1. The number of aromatic nitrogens is 1. The first-order valence-electron chi connectivity index (χ1n) is 8.38. The van der Waals surface area contributed by atoms with Crippen LogP contribution in [-0.2, 0) is 4.74 Å². The third kappa shape index (κ3) is 3.96. The highest BCUT2D eigenvalue weighted by Crippen LogP contribution is 2.28. The maximum Gasteiger partial charge on any atom is 0.340 e. The molecule has 0 radical (unpaired) electrons. The maximum atomic E-state index is 12.3. The van der Waals surface area contributed by atoms with Gasteiger partial charge in [0.1, 0.15) is 0 Å². The third-order valence-electron chi connectivity index (χ3n) is 4.28. The summed E-state index contributed by atoms with van der Waals surface area (Å²) in [4.78, 5) is 30.6. The lowest BCUT2D eigenvalue weighted by molar-refractivity contribution is 0.0601. The van der Waals surface area contributed by atoms with E-state index in [4.69, 9.17) is 4.74 Å². The SMILES string of the molecule is COC(=O)c1cc(NC(=O)c2cccnc2)ccc1N1CCCCC1. The van der Waals surface area contributed by atoms with E-state index in [2.05, 4.69) is 15.2 Å². The van der Waals surface area contributed by atoms with Gasteiger partial charge in [0.15, 0.2) is 0 Å². The molecule has 0 bridgehead atoms. The van der Waals surface area contributed by atoms with Crippen molar-refractivity contribution in [2.24, 2.45) is 0 Å². The van der Waals surface area contributed by atoms with E-state index in [0.29, 0.717) is 16.8 Å². The molecule has 0 saturated carbocycles. The van der Waals surface area contributed by atoms with Crippen molar-refractivity contribution >= 4 is 23.3 Å². The number of nitrogens with one attached hydrogen (secondary N) is 1. The minimum absolute atomic E-state index is 0.269. The third-order valence-corrected chi connectivity index (χ3v) is 4.28. The van der Waals surface area contributed by atoms with Crippen LogP contribution in [0.4, 0.5) is 11.4 Å². The number of pyridine rings is 1. The van der Waals surface area contributed by atoms with Crippen LogP contribution in [0.5, 0.6) is 0 Å². The minimum Gasteiger partial charge on any atom is -0.465 e. The van der Waals surface area contributed by atoms with Gasteiger partial charge in [0, 0.05) is 31.2 Å². The lowest BCUT2D eigenvalue weighted by Gasteiger charge is -2.30. The molecular weight excluding hydrogens is 318 g/mol. The lowest BCUT2D eigenvalue weighted by Crippen LogP contribution is -2.31. The molecule has 2 aromatic rings. The number of amides is 1. The number of anilines is 2. The second-order valence-electron chi connectivity index (χ2n) is 5.97. The monoisotopic (exact) mass is 339 g/mol. The Morgan fingerprint density at radius 2 is 1.96 bits per heavy atom. The number of hydrogen-bond acceptors (Lipinski definition) is 5. The molecule has 0 unspecified atom stereocenters. The second-order valence-corrected chi connectivity index (χ2v) is 5.97. The van der Waals surface area contributed by atoms with E-state index in [9.17, 15) is 9.59 Å². The number of rotatable bonds is 4. The number of nitrogens with zero attached hydrogens (tertiary/aromatic N) is 2. The summed E-state index contributed by atoms with van der Waals surface area (Å²) in [6.45, 7) is 1.84. The fourth-order valence-corrected chi connectivity index (χ4v) is 3.00. The van der Waals surface area contributed by atoms with Crippen molar-refractivity contribution in [3.63, 3.8) is 0 Å². The molecule has 0 spiro atoms. The Bertz CT molecular complexity index is 756. The summed E-state index contributed by atoms with van der Waals surface area (Å²) in [6, 6.07) is 8.74. The molecule has 2 heterocycles. The predicted octanol–water partition coefficient (Wildman–Crippen LogP) is 3.11. The van der Waals surface area contributed by atoms with Crippen molar-refractivity contribution in [2.45, 2.75) is 19.3 Å². The topological polar surface area (TPSA) is 71.5 Å². The fraction of sp³-hybridized carbons (Fsp3) is 0.316. The summed E-state index contributed by atoms with van der Waals surface area (Å²) in [7, 11) is 1.36. The molecule has 1 aliphatic rings. The summed E-state index contributed by atoms with van der Waals surface area (Å²) in [5.74, 6) is -0.673. The number of methoxy groups -OCH3 is 1. The zero-order valence-electron chi connectivity index (χ0n) is 14.2. The van der Waals surface area contributed by atoms with Gasteiger partial charge < -0.3 is 15.0 Å². The highest BCUT2D eigenvalue weighted by molar-refractivity contribution is 6.05. The molecule has 1 aromatic carbocycles. The van der Waals surface area contributed by atoms with Gasteiger partial charge in [-0.15, -0.1) is 0 Å². The van der Waals surface area contributed by atoms with Crippen LogP contribution >= 0.6 is 0 Å². The highest BCUT2D eigenvalue weighted by atomic mass is 16.5. The van der Waals surface area contributed by atoms with Crippen LogP contribution in [0.2, 0.25) is 0 Å². The molecule has 0 atom stereocenters. The van der Waals surface area contributed by atoms with Gasteiger partial charge in [-0.1, -0.05) is 0 Å². The van der Waals surface area contributed by atoms with E-state index < -0.39 is 5.97 Å². The first-order chi connectivity index (χ1) is 12.2. The van der Waals surface area contributed by atoms with Gasteiger partial charge in [0.25, 0.3) is 5.91 Å². The normalized spacial score (nSPS) is 14.0. The number of piperidine rings is 1. The molecule has 1 saturated heterocycles. The molecule has 1 aromatic heterocycles. The second kappa shape index (κ2) is 7.79. The van der Waals surface area contributed by atoms with Gasteiger partial charge in [-0.2, -0.15) is 0 Å². The molecule has 25 heavy (non-hydrogen) atoms. The largest absolute Gasteiger partial charge is 0.465 e. The number of carbonyl (C=O) groups excluding carboxylic acids is 2. The Morgan fingerprint density at radius 3 is 2.64 bits per heavy atom. The molecule has 130 valence electrons. The Morgan fingerprint density at radius 1 is 1.16 bits per heavy atom. The minimum atomic E-state index is -0.405. The molecule has 1 fully saturated rings. The van der Waals surface area contributed by atoms with Crippen LogP contribution in [0.25, 0.3) is 0 Å². The number of ether oxygens (including phenoxy) is 1. The van der Waals surface area contributed by atoms with Crippen LogP contribution in [0.15, 0.2) is 42.7 Å². The van der Waals surface area contributed by atoms with E-state index in [-0.39, 0.29) is 5.91 Å². The van der Waals surface area contributed by atoms with Gasteiger partial charge in [-0.05, 0) is 49.6 Å². The average molecular weight is 339 g/mol. The van der Waals surface area contributed by atoms with Crippen molar-refractivity contribution in [3.05, 3.63) is 53.9 Å². The van der Waals surface area contributed by atoms with Crippen molar-refractivity contribution in [3.8, 4) is 0 Å². The molecule has 1 amide bonds. The average Bonchev–Trinajstić information content (AvgIpc) is 2.68. The molecule has 3 rings (SSSR count). The molecule has 0 aliphatic carbocycles. The Labute approximate surface area is 146 Å². The van der Waals surface area contributed by atoms with E-state index in [1.54, 1.807) is 24.4 Å². The number of hydrogen-bond donors (Lipinski definition) is 1. The van der Waals surface area contributed by atoms with Crippen LogP contribution in [-0.4, -0.2) is 37.1 Å². The lowest BCUT2D eigenvalue weighted by atomic mass is 10.1. The van der Waals surface area contributed by atoms with Crippen molar-refractivity contribution < 1.29 is 14.3 Å². The van der Waals surface area contributed by atoms with Gasteiger partial charge in [0.05, 0.1) is 23.9 Å². The first kappa shape index (κ1) is 17.0.